The van der Waals surface area contributed by atoms with Gasteiger partial charge in [-0.25, -0.2) is 18.4 Å². The third-order valence-corrected chi connectivity index (χ3v) is 6.07. The highest BCUT2D eigenvalue weighted by atomic mass is 79.9. The van der Waals surface area contributed by atoms with Crippen LogP contribution in [0, 0.1) is 5.82 Å². The molecule has 1 aliphatic rings. The molecule has 0 spiro atoms. The maximum atomic E-state index is 13.7. The molecule has 0 saturated carbocycles. The van der Waals surface area contributed by atoms with Gasteiger partial charge in [0.15, 0.2) is 5.69 Å². The van der Waals surface area contributed by atoms with Gasteiger partial charge in [0.1, 0.15) is 5.82 Å². The molecule has 1 N–H and O–H groups in total. The van der Waals surface area contributed by atoms with Crippen molar-refractivity contribution in [2.75, 3.05) is 31.6 Å². The van der Waals surface area contributed by atoms with Gasteiger partial charge >= 0.3 is 5.76 Å². The Balaban J connectivity index is 1.31. The molecule has 1 aliphatic heterocycles. The van der Waals surface area contributed by atoms with E-state index in [9.17, 15) is 9.18 Å². The van der Waals surface area contributed by atoms with E-state index >= 15 is 0 Å². The number of nitrogens with one attached hydrogen (secondary N) is 1. The molecule has 0 amide bonds. The van der Waals surface area contributed by atoms with Gasteiger partial charge < -0.3 is 10.1 Å². The number of rotatable bonds is 7. The zero-order chi connectivity index (χ0) is 23.5. The van der Waals surface area contributed by atoms with Crippen LogP contribution in [-0.4, -0.2) is 51.2 Å². The van der Waals surface area contributed by atoms with Gasteiger partial charge in [0.05, 0.1) is 23.4 Å². The largest absolute Gasteiger partial charge is 0.446 e. The zero-order valence-electron chi connectivity index (χ0n) is 17.9. The fourth-order valence-electron chi connectivity index (χ4n) is 3.67. The Kier molecular flexibility index (Phi) is 6.52. The SMILES string of the molecule is O=c1onc(-c2nonc2NCc2ccc(CN3CCOCC3)cc2)n1-c1ccc(F)c(Br)c1. The summed E-state index contributed by atoms with van der Waals surface area (Å²) in [7, 11) is 0. The predicted molar refractivity (Wildman–Crippen MR) is 123 cm³/mol. The van der Waals surface area contributed by atoms with Crippen molar-refractivity contribution in [3.05, 3.63) is 74.4 Å². The first-order valence-corrected chi connectivity index (χ1v) is 11.4. The molecule has 0 bridgehead atoms. The molecule has 3 heterocycles. The van der Waals surface area contributed by atoms with Crippen LogP contribution in [0.3, 0.4) is 0 Å². The summed E-state index contributed by atoms with van der Waals surface area (Å²) in [4.78, 5) is 14.7. The first-order chi connectivity index (χ1) is 16.6. The summed E-state index contributed by atoms with van der Waals surface area (Å²) in [6.07, 6.45) is 0. The zero-order valence-corrected chi connectivity index (χ0v) is 19.5. The molecule has 0 atom stereocenters. The Labute approximate surface area is 201 Å². The first-order valence-electron chi connectivity index (χ1n) is 10.6. The third kappa shape index (κ3) is 4.79. The second-order valence-corrected chi connectivity index (χ2v) is 8.58. The predicted octanol–water partition coefficient (Wildman–Crippen LogP) is 3.22. The van der Waals surface area contributed by atoms with Crippen molar-refractivity contribution >= 4 is 21.7 Å². The summed E-state index contributed by atoms with van der Waals surface area (Å²) < 4.78 is 30.1. The maximum Gasteiger partial charge on any atom is 0.446 e. The van der Waals surface area contributed by atoms with Crippen molar-refractivity contribution in [3.63, 3.8) is 0 Å². The van der Waals surface area contributed by atoms with Crippen molar-refractivity contribution in [1.29, 1.82) is 0 Å². The van der Waals surface area contributed by atoms with Gasteiger partial charge in [0.2, 0.25) is 11.6 Å². The summed E-state index contributed by atoms with van der Waals surface area (Å²) in [5, 5.41) is 14.8. The molecule has 176 valence electrons. The van der Waals surface area contributed by atoms with Gasteiger partial charge in [-0.3, -0.25) is 9.42 Å². The standard InChI is InChI=1S/C22H20BrFN6O4/c23-17-11-16(5-6-18(17)24)30-21(28-33-22(30)31)19-20(27-34-26-19)25-12-14-1-3-15(4-2-14)13-29-7-9-32-10-8-29/h1-6,11H,7-10,12-13H2,(H,25,27). The lowest BCUT2D eigenvalue weighted by molar-refractivity contribution is 0.0342. The molecule has 12 heteroatoms. The van der Waals surface area contributed by atoms with Gasteiger partial charge in [-0.15, -0.1) is 0 Å². The van der Waals surface area contributed by atoms with Crippen LogP contribution in [-0.2, 0) is 17.8 Å². The summed E-state index contributed by atoms with van der Waals surface area (Å²) in [5.41, 5.74) is 2.79. The lowest BCUT2D eigenvalue weighted by Gasteiger charge is -2.26. The Bertz CT molecular complexity index is 1330. The van der Waals surface area contributed by atoms with Gasteiger partial charge in [0, 0.05) is 26.2 Å². The normalized spacial score (nSPS) is 14.4. The lowest BCUT2D eigenvalue weighted by atomic mass is 10.1. The van der Waals surface area contributed by atoms with Gasteiger partial charge in [0.25, 0.3) is 0 Å². The van der Waals surface area contributed by atoms with Crippen LogP contribution in [0.4, 0.5) is 10.2 Å². The van der Waals surface area contributed by atoms with E-state index in [0.29, 0.717) is 18.1 Å². The summed E-state index contributed by atoms with van der Waals surface area (Å²) in [6, 6.07) is 12.4. The highest BCUT2D eigenvalue weighted by molar-refractivity contribution is 9.10. The topological polar surface area (TPSA) is 111 Å². The molecule has 0 aliphatic carbocycles. The highest BCUT2D eigenvalue weighted by Crippen LogP contribution is 2.26. The van der Waals surface area contributed by atoms with E-state index in [2.05, 4.69) is 53.7 Å². The number of halogens is 2. The molecule has 34 heavy (non-hydrogen) atoms. The van der Waals surface area contributed by atoms with Crippen LogP contribution in [0.15, 0.2) is 60.9 Å². The fraction of sp³-hybridized carbons (Fsp3) is 0.273. The van der Waals surface area contributed by atoms with Crippen LogP contribution < -0.4 is 11.1 Å². The van der Waals surface area contributed by atoms with Crippen LogP contribution >= 0.6 is 15.9 Å². The van der Waals surface area contributed by atoms with E-state index in [4.69, 9.17) is 13.9 Å². The fourth-order valence-corrected chi connectivity index (χ4v) is 4.04. The molecule has 0 radical (unpaired) electrons. The van der Waals surface area contributed by atoms with Crippen molar-refractivity contribution in [3.8, 4) is 17.2 Å². The van der Waals surface area contributed by atoms with Gasteiger partial charge in [-0.1, -0.05) is 29.4 Å². The van der Waals surface area contributed by atoms with Crippen molar-refractivity contribution in [2.24, 2.45) is 0 Å². The molecule has 2 aromatic heterocycles. The average Bonchev–Trinajstić information content (AvgIpc) is 3.47. The summed E-state index contributed by atoms with van der Waals surface area (Å²) in [6.45, 7) is 4.75. The maximum absolute atomic E-state index is 13.7. The molecule has 4 aromatic rings. The monoisotopic (exact) mass is 530 g/mol. The molecule has 2 aromatic carbocycles. The first kappa shape index (κ1) is 22.4. The lowest BCUT2D eigenvalue weighted by Crippen LogP contribution is -2.35. The molecule has 0 unspecified atom stereocenters. The van der Waals surface area contributed by atoms with E-state index < -0.39 is 11.6 Å². The van der Waals surface area contributed by atoms with E-state index in [1.807, 2.05) is 12.1 Å². The number of hydrogen-bond donors (Lipinski definition) is 1. The van der Waals surface area contributed by atoms with Crippen molar-refractivity contribution in [1.82, 2.24) is 24.9 Å². The average molecular weight is 531 g/mol. The molecular weight excluding hydrogens is 511 g/mol. The smallest absolute Gasteiger partial charge is 0.379 e. The Morgan fingerprint density at radius 3 is 2.56 bits per heavy atom. The Hall–Kier alpha value is -3.35. The number of hydrogen-bond acceptors (Lipinski definition) is 9. The van der Waals surface area contributed by atoms with E-state index in [1.54, 1.807) is 0 Å². The summed E-state index contributed by atoms with van der Waals surface area (Å²) in [5.74, 6) is -0.844. The van der Waals surface area contributed by atoms with Crippen molar-refractivity contribution in [2.45, 2.75) is 13.1 Å². The number of aromatic nitrogens is 4. The Morgan fingerprint density at radius 1 is 1.03 bits per heavy atom. The number of nitrogens with zero attached hydrogens (tertiary/aromatic N) is 5. The minimum absolute atomic E-state index is 0.0770. The molecule has 5 rings (SSSR count). The van der Waals surface area contributed by atoms with Crippen LogP contribution in [0.5, 0.6) is 0 Å². The summed E-state index contributed by atoms with van der Waals surface area (Å²) >= 11 is 3.12. The van der Waals surface area contributed by atoms with Gasteiger partial charge in [-0.2, -0.15) is 0 Å². The number of anilines is 1. The second-order valence-electron chi connectivity index (χ2n) is 7.73. The minimum Gasteiger partial charge on any atom is -0.379 e. The van der Waals surface area contributed by atoms with Crippen LogP contribution in [0.25, 0.3) is 17.2 Å². The van der Waals surface area contributed by atoms with Gasteiger partial charge in [-0.05, 0) is 55.6 Å². The number of morpholine rings is 1. The molecule has 1 saturated heterocycles. The number of benzene rings is 2. The highest BCUT2D eigenvalue weighted by Gasteiger charge is 2.23. The van der Waals surface area contributed by atoms with Crippen LogP contribution in [0.2, 0.25) is 0 Å². The molecule has 1 fully saturated rings. The Morgan fingerprint density at radius 2 is 1.79 bits per heavy atom. The van der Waals surface area contributed by atoms with Crippen LogP contribution in [0.1, 0.15) is 11.1 Å². The molecular formula is C22H20BrFN6O4. The van der Waals surface area contributed by atoms with E-state index in [-0.39, 0.29) is 16.0 Å². The number of ether oxygens (including phenoxy) is 1. The van der Waals surface area contributed by atoms with E-state index in [0.717, 1.165) is 43.0 Å². The van der Waals surface area contributed by atoms with E-state index in [1.165, 1.54) is 23.8 Å². The molecule has 10 nitrogen and oxygen atoms in total. The minimum atomic E-state index is -0.752. The van der Waals surface area contributed by atoms with Crippen molar-refractivity contribution < 1.29 is 18.3 Å². The quantitative estimate of drug-likeness (QED) is 0.384. The second kappa shape index (κ2) is 9.87. The third-order valence-electron chi connectivity index (χ3n) is 5.46.